The first-order chi connectivity index (χ1) is 11.0. The van der Waals surface area contributed by atoms with Gasteiger partial charge < -0.3 is 10.2 Å². The van der Waals surface area contributed by atoms with Crippen molar-refractivity contribution in [2.24, 2.45) is 17.8 Å². The summed E-state index contributed by atoms with van der Waals surface area (Å²) in [5.74, 6) is -2.22. The molecule has 1 saturated carbocycles. The number of anilines is 1. The number of nitrogens with one attached hydrogen (secondary N) is 1. The summed E-state index contributed by atoms with van der Waals surface area (Å²) >= 11 is 0. The molecular formula is C17H20F2N2O2. The zero-order valence-electron chi connectivity index (χ0n) is 13.0. The second kappa shape index (κ2) is 6.26. The third kappa shape index (κ3) is 3.51. The first kappa shape index (κ1) is 15.9. The largest absolute Gasteiger partial charge is 0.342 e. The van der Waals surface area contributed by atoms with Gasteiger partial charge in [0.2, 0.25) is 11.8 Å². The fraction of sp³-hybridized carbons (Fsp3) is 0.529. The van der Waals surface area contributed by atoms with Crippen LogP contribution in [-0.4, -0.2) is 29.8 Å². The summed E-state index contributed by atoms with van der Waals surface area (Å²) in [6.45, 7) is 3.69. The smallest absolute Gasteiger partial charge is 0.228 e. The van der Waals surface area contributed by atoms with E-state index in [4.69, 9.17) is 0 Å². The molecule has 1 aliphatic carbocycles. The van der Waals surface area contributed by atoms with Crippen molar-refractivity contribution in [1.29, 1.82) is 0 Å². The van der Waals surface area contributed by atoms with Crippen LogP contribution in [0, 0.1) is 29.4 Å². The summed E-state index contributed by atoms with van der Waals surface area (Å²) in [4.78, 5) is 26.3. The van der Waals surface area contributed by atoms with Gasteiger partial charge in [-0.05, 0) is 37.3 Å². The predicted octanol–water partition coefficient (Wildman–Crippen LogP) is 2.80. The average molecular weight is 322 g/mol. The molecule has 1 saturated heterocycles. The van der Waals surface area contributed by atoms with Gasteiger partial charge in [0.15, 0.2) is 11.6 Å². The molecule has 6 heteroatoms. The van der Waals surface area contributed by atoms with Crippen LogP contribution >= 0.6 is 0 Å². The lowest BCUT2D eigenvalue weighted by atomic mass is 9.99. The Hall–Kier alpha value is -1.98. The minimum atomic E-state index is -1.01. The topological polar surface area (TPSA) is 49.4 Å². The number of carbonyl (C=O) groups excluding carboxylic acids is 2. The van der Waals surface area contributed by atoms with Crippen molar-refractivity contribution < 1.29 is 18.4 Å². The van der Waals surface area contributed by atoms with Gasteiger partial charge in [-0.15, -0.1) is 0 Å². The van der Waals surface area contributed by atoms with E-state index in [1.807, 2.05) is 4.90 Å². The van der Waals surface area contributed by atoms with Gasteiger partial charge in [0, 0.05) is 24.8 Å². The highest BCUT2D eigenvalue weighted by Crippen LogP contribution is 2.41. The zero-order chi connectivity index (χ0) is 16.6. The number of benzene rings is 1. The van der Waals surface area contributed by atoms with Crippen molar-refractivity contribution in [3.8, 4) is 0 Å². The first-order valence-corrected chi connectivity index (χ1v) is 8.00. The Bertz CT molecular complexity index is 627. The van der Waals surface area contributed by atoms with Crippen LogP contribution in [0.5, 0.6) is 0 Å². The van der Waals surface area contributed by atoms with Gasteiger partial charge in [0.25, 0.3) is 0 Å². The molecule has 2 atom stereocenters. The van der Waals surface area contributed by atoms with Crippen LogP contribution < -0.4 is 5.32 Å². The number of carbonyl (C=O) groups is 2. The average Bonchev–Trinajstić information content (AvgIpc) is 3.32. The molecule has 124 valence electrons. The van der Waals surface area contributed by atoms with Crippen molar-refractivity contribution in [1.82, 2.24) is 4.90 Å². The number of likely N-dealkylation sites (tertiary alicyclic amines) is 1. The molecule has 0 spiro atoms. The van der Waals surface area contributed by atoms with E-state index in [0.29, 0.717) is 12.3 Å². The second-order valence-corrected chi connectivity index (χ2v) is 6.57. The Morgan fingerprint density at radius 3 is 2.48 bits per heavy atom. The monoisotopic (exact) mass is 322 g/mol. The molecule has 2 amide bonds. The number of hydrogen-bond donors (Lipinski definition) is 1. The SMILES string of the molecule is CC1CCN(C(=O)C2CC2C(=O)Nc2ccc(F)c(F)c2)CC1. The lowest BCUT2D eigenvalue weighted by molar-refractivity contribution is -0.135. The fourth-order valence-electron chi connectivity index (χ4n) is 3.03. The summed E-state index contributed by atoms with van der Waals surface area (Å²) in [7, 11) is 0. The maximum absolute atomic E-state index is 13.1. The normalized spacial score (nSPS) is 24.4. The molecule has 0 aromatic heterocycles. The van der Waals surface area contributed by atoms with Crippen LogP contribution in [0.25, 0.3) is 0 Å². The number of hydrogen-bond acceptors (Lipinski definition) is 2. The Balaban J connectivity index is 1.54. The Morgan fingerprint density at radius 2 is 1.83 bits per heavy atom. The van der Waals surface area contributed by atoms with E-state index in [1.54, 1.807) is 0 Å². The summed E-state index contributed by atoms with van der Waals surface area (Å²) in [5.41, 5.74) is 0.207. The molecule has 4 nitrogen and oxygen atoms in total. The molecular weight excluding hydrogens is 302 g/mol. The molecule has 1 aromatic carbocycles. The molecule has 1 aromatic rings. The van der Waals surface area contributed by atoms with Crippen LogP contribution in [0.2, 0.25) is 0 Å². The highest BCUT2D eigenvalue weighted by atomic mass is 19.2. The molecule has 3 rings (SSSR count). The third-order valence-electron chi connectivity index (χ3n) is 4.73. The van der Waals surface area contributed by atoms with Gasteiger partial charge in [-0.1, -0.05) is 6.92 Å². The Morgan fingerprint density at radius 1 is 1.13 bits per heavy atom. The molecule has 2 unspecified atom stereocenters. The van der Waals surface area contributed by atoms with Crippen LogP contribution in [0.3, 0.4) is 0 Å². The van der Waals surface area contributed by atoms with Crippen molar-refractivity contribution in [3.63, 3.8) is 0 Å². The second-order valence-electron chi connectivity index (χ2n) is 6.57. The molecule has 2 aliphatic rings. The van der Waals surface area contributed by atoms with Crippen molar-refractivity contribution >= 4 is 17.5 Å². The van der Waals surface area contributed by atoms with E-state index in [9.17, 15) is 18.4 Å². The van der Waals surface area contributed by atoms with Gasteiger partial charge in [-0.2, -0.15) is 0 Å². The van der Waals surface area contributed by atoms with Crippen molar-refractivity contribution in [3.05, 3.63) is 29.8 Å². The van der Waals surface area contributed by atoms with E-state index < -0.39 is 11.6 Å². The minimum Gasteiger partial charge on any atom is -0.342 e. The Kier molecular flexibility index (Phi) is 4.33. The van der Waals surface area contributed by atoms with E-state index >= 15 is 0 Å². The summed E-state index contributed by atoms with van der Waals surface area (Å²) < 4.78 is 26.0. The highest BCUT2D eigenvalue weighted by molar-refractivity contribution is 5.99. The number of nitrogens with zero attached hydrogens (tertiary/aromatic N) is 1. The number of halogens is 2. The highest BCUT2D eigenvalue weighted by Gasteiger charge is 2.49. The quantitative estimate of drug-likeness (QED) is 0.930. The van der Waals surface area contributed by atoms with E-state index in [0.717, 1.165) is 38.1 Å². The Labute approximate surface area is 133 Å². The molecule has 1 heterocycles. The summed E-state index contributed by atoms with van der Waals surface area (Å²) in [6.07, 6.45) is 2.54. The third-order valence-corrected chi connectivity index (χ3v) is 4.73. The van der Waals surface area contributed by atoms with Crippen LogP contribution in [0.1, 0.15) is 26.2 Å². The molecule has 2 fully saturated rings. The van der Waals surface area contributed by atoms with Gasteiger partial charge >= 0.3 is 0 Å². The van der Waals surface area contributed by atoms with E-state index in [1.165, 1.54) is 6.07 Å². The van der Waals surface area contributed by atoms with Crippen molar-refractivity contribution in [2.45, 2.75) is 26.2 Å². The first-order valence-electron chi connectivity index (χ1n) is 8.00. The molecule has 1 N–H and O–H groups in total. The number of amides is 2. The minimum absolute atomic E-state index is 0.0438. The fourth-order valence-corrected chi connectivity index (χ4v) is 3.03. The van der Waals surface area contributed by atoms with Gasteiger partial charge in [0.1, 0.15) is 0 Å². The predicted molar refractivity (Wildman–Crippen MR) is 81.6 cm³/mol. The van der Waals surface area contributed by atoms with Gasteiger partial charge in [-0.25, -0.2) is 8.78 Å². The maximum atomic E-state index is 13.1. The molecule has 1 aliphatic heterocycles. The standard InChI is InChI=1S/C17H20F2N2O2/c1-10-4-6-21(7-5-10)17(23)13-9-12(13)16(22)20-11-2-3-14(18)15(19)8-11/h2-3,8,10,12-13H,4-7,9H2,1H3,(H,20,22). The lowest BCUT2D eigenvalue weighted by Gasteiger charge is -2.30. The zero-order valence-corrected chi connectivity index (χ0v) is 13.0. The maximum Gasteiger partial charge on any atom is 0.228 e. The van der Waals surface area contributed by atoms with Gasteiger partial charge in [-0.3, -0.25) is 9.59 Å². The van der Waals surface area contributed by atoms with Crippen LogP contribution in [0.4, 0.5) is 14.5 Å². The molecule has 0 radical (unpaired) electrons. The van der Waals surface area contributed by atoms with Crippen LogP contribution in [-0.2, 0) is 9.59 Å². The van der Waals surface area contributed by atoms with E-state index in [2.05, 4.69) is 12.2 Å². The van der Waals surface area contributed by atoms with Gasteiger partial charge in [0.05, 0.1) is 11.8 Å². The molecule has 23 heavy (non-hydrogen) atoms. The lowest BCUT2D eigenvalue weighted by Crippen LogP contribution is -2.39. The van der Waals surface area contributed by atoms with E-state index in [-0.39, 0.29) is 29.3 Å². The number of piperidine rings is 1. The summed E-state index contributed by atoms with van der Waals surface area (Å²) in [6, 6.07) is 3.22. The number of rotatable bonds is 3. The summed E-state index contributed by atoms with van der Waals surface area (Å²) in [5, 5.41) is 2.55. The molecule has 0 bridgehead atoms. The van der Waals surface area contributed by atoms with Crippen LogP contribution in [0.15, 0.2) is 18.2 Å². The van der Waals surface area contributed by atoms with Crippen molar-refractivity contribution in [2.75, 3.05) is 18.4 Å².